The number of aromatic nitrogens is 1. The number of benzene rings is 1. The Morgan fingerprint density at radius 2 is 1.92 bits per heavy atom. The number of carbonyl (C=O) groups excluding carboxylic acids is 1. The van der Waals surface area contributed by atoms with E-state index in [1.807, 2.05) is 35.7 Å². The van der Waals surface area contributed by atoms with Gasteiger partial charge in [-0.1, -0.05) is 30.3 Å². The molecule has 0 saturated carbocycles. The van der Waals surface area contributed by atoms with Crippen LogP contribution in [0.25, 0.3) is 11.3 Å². The topological polar surface area (TPSA) is 79.4 Å². The van der Waals surface area contributed by atoms with Crippen LogP contribution in [-0.4, -0.2) is 43.0 Å². The van der Waals surface area contributed by atoms with Gasteiger partial charge in [0.2, 0.25) is 15.9 Å². The Bertz CT molecular complexity index is 810. The summed E-state index contributed by atoms with van der Waals surface area (Å²) >= 11 is 1.39. The highest BCUT2D eigenvalue weighted by Gasteiger charge is 2.29. The molecule has 2 heterocycles. The zero-order valence-corrected chi connectivity index (χ0v) is 14.9. The molecule has 1 aliphatic heterocycles. The van der Waals surface area contributed by atoms with Crippen LogP contribution in [0.2, 0.25) is 0 Å². The Kier molecular flexibility index (Phi) is 4.98. The third kappa shape index (κ3) is 4.00. The number of carbonyl (C=O) groups is 1. The first kappa shape index (κ1) is 17.1. The van der Waals surface area contributed by atoms with Gasteiger partial charge in [0.15, 0.2) is 5.13 Å². The van der Waals surface area contributed by atoms with Gasteiger partial charge in [-0.2, -0.15) is 0 Å². The van der Waals surface area contributed by atoms with Crippen LogP contribution in [0.3, 0.4) is 0 Å². The molecular weight excluding hydrogens is 346 g/mol. The smallest absolute Gasteiger partial charge is 0.229 e. The van der Waals surface area contributed by atoms with Crippen LogP contribution in [0, 0.1) is 5.92 Å². The predicted molar refractivity (Wildman–Crippen MR) is 95.3 cm³/mol. The number of hydrogen-bond donors (Lipinski definition) is 1. The maximum atomic E-state index is 12.4. The monoisotopic (exact) mass is 365 g/mol. The Morgan fingerprint density at radius 1 is 1.25 bits per heavy atom. The Balaban J connectivity index is 1.59. The molecule has 0 spiro atoms. The maximum absolute atomic E-state index is 12.4. The number of piperidine rings is 1. The zero-order valence-electron chi connectivity index (χ0n) is 13.3. The molecule has 0 aliphatic carbocycles. The Labute approximate surface area is 145 Å². The molecule has 1 aromatic heterocycles. The maximum Gasteiger partial charge on any atom is 0.229 e. The van der Waals surface area contributed by atoms with Gasteiger partial charge < -0.3 is 5.32 Å². The molecule has 6 nitrogen and oxygen atoms in total. The SMILES string of the molecule is CS(=O)(=O)N1CCC(C(=O)Nc2nc(-c3ccccc3)cs2)CC1. The van der Waals surface area contributed by atoms with Gasteiger partial charge in [-0.25, -0.2) is 17.7 Å². The van der Waals surface area contributed by atoms with E-state index in [1.165, 1.54) is 21.9 Å². The standard InChI is InChI=1S/C16H19N3O3S2/c1-24(21,22)19-9-7-13(8-10-19)15(20)18-16-17-14(11-23-16)12-5-3-2-4-6-12/h2-6,11,13H,7-10H2,1H3,(H,17,18,20). The van der Waals surface area contributed by atoms with E-state index in [0.717, 1.165) is 11.3 Å². The van der Waals surface area contributed by atoms with Crippen LogP contribution in [0.1, 0.15) is 12.8 Å². The first-order valence-electron chi connectivity index (χ1n) is 7.70. The van der Waals surface area contributed by atoms with Crippen LogP contribution in [0.4, 0.5) is 5.13 Å². The van der Waals surface area contributed by atoms with E-state index >= 15 is 0 Å². The minimum absolute atomic E-state index is 0.0860. The minimum Gasteiger partial charge on any atom is -0.302 e. The first-order chi connectivity index (χ1) is 11.4. The van der Waals surface area contributed by atoms with Gasteiger partial charge in [-0.15, -0.1) is 11.3 Å². The molecule has 0 atom stereocenters. The second kappa shape index (κ2) is 7.00. The summed E-state index contributed by atoms with van der Waals surface area (Å²) in [6, 6.07) is 9.79. The van der Waals surface area contributed by atoms with Gasteiger partial charge >= 0.3 is 0 Å². The van der Waals surface area contributed by atoms with Crippen molar-refractivity contribution in [2.24, 2.45) is 5.92 Å². The molecule has 24 heavy (non-hydrogen) atoms. The van der Waals surface area contributed by atoms with Crippen molar-refractivity contribution >= 4 is 32.4 Å². The van der Waals surface area contributed by atoms with Crippen LogP contribution in [0.15, 0.2) is 35.7 Å². The second-order valence-electron chi connectivity index (χ2n) is 5.83. The molecule has 1 aliphatic rings. The van der Waals surface area contributed by atoms with E-state index in [-0.39, 0.29) is 11.8 Å². The van der Waals surface area contributed by atoms with Gasteiger partial charge in [0.1, 0.15) is 0 Å². The summed E-state index contributed by atoms with van der Waals surface area (Å²) < 4.78 is 24.4. The molecule has 1 fully saturated rings. The minimum atomic E-state index is -3.17. The molecule has 0 bridgehead atoms. The average Bonchev–Trinajstić information content (AvgIpc) is 3.03. The Hall–Kier alpha value is -1.77. The van der Waals surface area contributed by atoms with E-state index in [9.17, 15) is 13.2 Å². The number of hydrogen-bond acceptors (Lipinski definition) is 5. The lowest BCUT2D eigenvalue weighted by Crippen LogP contribution is -2.40. The summed E-state index contributed by atoms with van der Waals surface area (Å²) in [6.07, 6.45) is 2.28. The van der Waals surface area contributed by atoms with Crippen LogP contribution >= 0.6 is 11.3 Å². The van der Waals surface area contributed by atoms with Crippen molar-refractivity contribution in [1.29, 1.82) is 0 Å². The summed E-state index contributed by atoms with van der Waals surface area (Å²) in [5.41, 5.74) is 1.85. The summed E-state index contributed by atoms with van der Waals surface area (Å²) in [7, 11) is -3.17. The zero-order chi connectivity index (χ0) is 17.2. The molecule has 8 heteroatoms. The van der Waals surface area contributed by atoms with E-state index < -0.39 is 10.0 Å². The number of amides is 1. The summed E-state index contributed by atoms with van der Waals surface area (Å²) in [5.74, 6) is -0.260. The lowest BCUT2D eigenvalue weighted by molar-refractivity contribution is -0.120. The fourth-order valence-electron chi connectivity index (χ4n) is 2.73. The van der Waals surface area contributed by atoms with E-state index in [1.54, 1.807) is 0 Å². The third-order valence-electron chi connectivity index (χ3n) is 4.10. The van der Waals surface area contributed by atoms with Crippen molar-refractivity contribution in [3.05, 3.63) is 35.7 Å². The van der Waals surface area contributed by atoms with E-state index in [0.29, 0.717) is 31.1 Å². The summed E-state index contributed by atoms with van der Waals surface area (Å²) in [6.45, 7) is 0.786. The fraction of sp³-hybridized carbons (Fsp3) is 0.375. The molecule has 1 N–H and O–H groups in total. The van der Waals surface area contributed by atoms with Crippen molar-refractivity contribution in [3.8, 4) is 11.3 Å². The van der Waals surface area contributed by atoms with Crippen LogP contribution < -0.4 is 5.32 Å². The summed E-state index contributed by atoms with van der Waals surface area (Å²) in [4.78, 5) is 16.8. The highest BCUT2D eigenvalue weighted by Crippen LogP contribution is 2.26. The highest BCUT2D eigenvalue weighted by atomic mass is 32.2. The van der Waals surface area contributed by atoms with Gasteiger partial charge in [-0.05, 0) is 12.8 Å². The quantitative estimate of drug-likeness (QED) is 0.902. The molecule has 2 aromatic rings. The van der Waals surface area contributed by atoms with Crippen molar-refractivity contribution in [2.75, 3.05) is 24.7 Å². The first-order valence-corrected chi connectivity index (χ1v) is 10.4. The van der Waals surface area contributed by atoms with Crippen molar-refractivity contribution in [3.63, 3.8) is 0 Å². The Morgan fingerprint density at radius 3 is 2.54 bits per heavy atom. The largest absolute Gasteiger partial charge is 0.302 e. The summed E-state index contributed by atoms with van der Waals surface area (Å²) in [5, 5.41) is 5.34. The van der Waals surface area contributed by atoms with Crippen molar-refractivity contribution < 1.29 is 13.2 Å². The molecule has 1 amide bonds. The van der Waals surface area contributed by atoms with Gasteiger partial charge in [0.05, 0.1) is 11.9 Å². The second-order valence-corrected chi connectivity index (χ2v) is 8.67. The molecule has 1 aromatic carbocycles. The number of nitrogens with zero attached hydrogens (tertiary/aromatic N) is 2. The van der Waals surface area contributed by atoms with Crippen molar-refractivity contribution in [1.82, 2.24) is 9.29 Å². The predicted octanol–water partition coefficient (Wildman–Crippen LogP) is 2.42. The fourth-order valence-corrected chi connectivity index (χ4v) is 4.33. The highest BCUT2D eigenvalue weighted by molar-refractivity contribution is 7.88. The molecular formula is C16H19N3O3S2. The normalized spacial score (nSPS) is 16.9. The number of thiazole rings is 1. The van der Waals surface area contributed by atoms with Gasteiger partial charge in [-0.3, -0.25) is 4.79 Å². The molecule has 128 valence electrons. The van der Waals surface area contributed by atoms with Gasteiger partial charge in [0.25, 0.3) is 0 Å². The number of nitrogens with one attached hydrogen (secondary N) is 1. The molecule has 0 unspecified atom stereocenters. The van der Waals surface area contributed by atoms with Crippen molar-refractivity contribution in [2.45, 2.75) is 12.8 Å². The molecule has 0 radical (unpaired) electrons. The van der Waals surface area contributed by atoms with Gasteiger partial charge in [0, 0.05) is 30.0 Å². The number of anilines is 1. The van der Waals surface area contributed by atoms with E-state index in [4.69, 9.17) is 0 Å². The lowest BCUT2D eigenvalue weighted by Gasteiger charge is -2.29. The number of rotatable bonds is 4. The van der Waals surface area contributed by atoms with E-state index in [2.05, 4.69) is 10.3 Å². The molecule has 1 saturated heterocycles. The molecule has 3 rings (SSSR count). The van der Waals surface area contributed by atoms with Crippen LogP contribution in [0.5, 0.6) is 0 Å². The number of sulfonamides is 1. The average molecular weight is 365 g/mol. The van der Waals surface area contributed by atoms with Crippen LogP contribution in [-0.2, 0) is 14.8 Å². The third-order valence-corrected chi connectivity index (χ3v) is 6.16. The lowest BCUT2D eigenvalue weighted by atomic mass is 9.97.